The Labute approximate surface area is 118 Å². The van der Waals surface area contributed by atoms with E-state index in [-0.39, 0.29) is 5.41 Å². The number of methoxy groups -OCH3 is 1. The fourth-order valence-corrected chi connectivity index (χ4v) is 4.19. The van der Waals surface area contributed by atoms with Crippen LogP contribution in [0.1, 0.15) is 25.8 Å². The van der Waals surface area contributed by atoms with Crippen molar-refractivity contribution in [3.8, 4) is 5.75 Å². The third kappa shape index (κ3) is 2.24. The molecule has 1 aromatic carbocycles. The molecular weight excluding hydrogens is 268 g/mol. The molecule has 1 fully saturated rings. The summed E-state index contributed by atoms with van der Waals surface area (Å²) >= 11 is 7.83. The van der Waals surface area contributed by atoms with Gasteiger partial charge in [0, 0.05) is 5.75 Å². The van der Waals surface area contributed by atoms with Crippen LogP contribution < -0.4 is 4.74 Å². The predicted molar refractivity (Wildman–Crippen MR) is 77.6 cm³/mol. The third-order valence-electron chi connectivity index (χ3n) is 3.93. The van der Waals surface area contributed by atoms with Crippen molar-refractivity contribution in [3.05, 3.63) is 28.8 Å². The molecule has 1 aromatic rings. The van der Waals surface area contributed by atoms with Gasteiger partial charge in [-0.3, -0.25) is 0 Å². The quantitative estimate of drug-likeness (QED) is 0.899. The smallest absolute Gasteiger partial charge is 0.137 e. The van der Waals surface area contributed by atoms with Crippen LogP contribution in [0.25, 0.3) is 0 Å². The van der Waals surface area contributed by atoms with Gasteiger partial charge in [0.25, 0.3) is 0 Å². The van der Waals surface area contributed by atoms with E-state index in [1.807, 2.05) is 12.1 Å². The summed E-state index contributed by atoms with van der Waals surface area (Å²) in [5, 5.41) is 11.6. The van der Waals surface area contributed by atoms with Crippen molar-refractivity contribution in [2.75, 3.05) is 18.6 Å². The van der Waals surface area contributed by atoms with Gasteiger partial charge in [-0.05, 0) is 35.3 Å². The maximum absolute atomic E-state index is 11.1. The van der Waals surface area contributed by atoms with Gasteiger partial charge in [-0.15, -0.1) is 0 Å². The first kappa shape index (κ1) is 14.0. The van der Waals surface area contributed by atoms with E-state index in [4.69, 9.17) is 16.3 Å². The van der Waals surface area contributed by atoms with Gasteiger partial charge >= 0.3 is 0 Å². The van der Waals surface area contributed by atoms with Crippen molar-refractivity contribution >= 4 is 23.4 Å². The Balaban J connectivity index is 2.46. The van der Waals surface area contributed by atoms with E-state index < -0.39 is 5.60 Å². The van der Waals surface area contributed by atoms with Crippen LogP contribution in [0, 0.1) is 5.41 Å². The lowest BCUT2D eigenvalue weighted by Crippen LogP contribution is -2.47. The lowest BCUT2D eigenvalue weighted by molar-refractivity contribution is -0.0579. The van der Waals surface area contributed by atoms with E-state index in [2.05, 4.69) is 13.8 Å². The molecule has 0 saturated carbocycles. The Bertz CT molecular complexity index is 447. The molecule has 100 valence electrons. The van der Waals surface area contributed by atoms with Gasteiger partial charge in [-0.1, -0.05) is 31.5 Å². The van der Waals surface area contributed by atoms with E-state index in [0.29, 0.717) is 16.5 Å². The molecular formula is C14H19ClO2S. The third-order valence-corrected chi connectivity index (χ3v) is 5.36. The summed E-state index contributed by atoms with van der Waals surface area (Å²) in [6.45, 7) is 4.24. The zero-order valence-electron chi connectivity index (χ0n) is 11.0. The van der Waals surface area contributed by atoms with Crippen LogP contribution in [0.4, 0.5) is 0 Å². The molecule has 0 aromatic heterocycles. The Hall–Kier alpha value is -0.380. The van der Waals surface area contributed by atoms with Gasteiger partial charge in [-0.2, -0.15) is 11.8 Å². The van der Waals surface area contributed by atoms with E-state index >= 15 is 0 Å². The Morgan fingerprint density at radius 1 is 1.39 bits per heavy atom. The molecule has 2 nitrogen and oxygen atoms in total. The van der Waals surface area contributed by atoms with Crippen molar-refractivity contribution in [2.45, 2.75) is 25.9 Å². The number of halogens is 1. The first-order valence-corrected chi connectivity index (χ1v) is 7.58. The largest absolute Gasteiger partial charge is 0.495 e. The summed E-state index contributed by atoms with van der Waals surface area (Å²) in [5.74, 6) is 2.43. The first-order chi connectivity index (χ1) is 8.40. The monoisotopic (exact) mass is 286 g/mol. The second-order valence-electron chi connectivity index (χ2n) is 5.40. The highest BCUT2D eigenvalue weighted by Gasteiger charge is 2.47. The fourth-order valence-electron chi connectivity index (χ4n) is 2.34. The number of aliphatic hydroxyl groups is 1. The summed E-state index contributed by atoms with van der Waals surface area (Å²) in [6, 6.07) is 5.55. The molecule has 1 unspecified atom stereocenters. The van der Waals surface area contributed by atoms with Gasteiger partial charge in [0.2, 0.25) is 0 Å². The molecule has 4 heteroatoms. The molecule has 0 spiro atoms. The van der Waals surface area contributed by atoms with Gasteiger partial charge in [-0.25, -0.2) is 0 Å². The maximum atomic E-state index is 11.1. The van der Waals surface area contributed by atoms with Crippen LogP contribution in [0.3, 0.4) is 0 Å². The van der Waals surface area contributed by atoms with E-state index in [9.17, 15) is 5.11 Å². The molecule has 0 amide bonds. The normalized spacial score (nSPS) is 26.9. The molecule has 0 aliphatic carbocycles. The SMILES string of the molecule is COc1cc(C2(O)CSCCC2(C)C)ccc1Cl. The van der Waals surface area contributed by atoms with Crippen LogP contribution in [0.5, 0.6) is 5.75 Å². The van der Waals surface area contributed by atoms with Gasteiger partial charge in [0.15, 0.2) is 0 Å². The standard InChI is InChI=1S/C14H19ClO2S/c1-13(2)6-7-18-9-14(13,16)10-4-5-11(15)12(8-10)17-3/h4-5,8,16H,6-7,9H2,1-3H3. The van der Waals surface area contributed by atoms with Crippen molar-refractivity contribution in [1.29, 1.82) is 0 Å². The molecule has 1 heterocycles. The average Bonchev–Trinajstić information content (AvgIpc) is 2.33. The molecule has 1 N–H and O–H groups in total. The molecule has 1 saturated heterocycles. The van der Waals surface area contributed by atoms with E-state index in [1.165, 1.54) is 0 Å². The second-order valence-corrected chi connectivity index (χ2v) is 6.91. The minimum absolute atomic E-state index is 0.142. The van der Waals surface area contributed by atoms with Crippen molar-refractivity contribution in [3.63, 3.8) is 0 Å². The van der Waals surface area contributed by atoms with Gasteiger partial charge < -0.3 is 9.84 Å². The molecule has 2 rings (SSSR count). The minimum atomic E-state index is -0.826. The van der Waals surface area contributed by atoms with Gasteiger partial charge in [0.05, 0.1) is 12.1 Å². The number of rotatable bonds is 2. The van der Waals surface area contributed by atoms with Crippen molar-refractivity contribution in [2.24, 2.45) is 5.41 Å². The minimum Gasteiger partial charge on any atom is -0.495 e. The molecule has 1 aliphatic heterocycles. The van der Waals surface area contributed by atoms with Crippen LogP contribution >= 0.6 is 23.4 Å². The zero-order chi connectivity index (χ0) is 13.4. The summed E-state index contributed by atoms with van der Waals surface area (Å²) in [4.78, 5) is 0. The fraction of sp³-hybridized carbons (Fsp3) is 0.571. The molecule has 0 bridgehead atoms. The van der Waals surface area contributed by atoms with Crippen LogP contribution in [0.2, 0.25) is 5.02 Å². The lowest BCUT2D eigenvalue weighted by atomic mass is 9.70. The topological polar surface area (TPSA) is 29.5 Å². The van der Waals surface area contributed by atoms with Gasteiger partial charge in [0.1, 0.15) is 11.4 Å². The lowest BCUT2D eigenvalue weighted by Gasteiger charge is -2.46. The summed E-state index contributed by atoms with van der Waals surface area (Å²) in [5.41, 5.74) is -0.0776. The van der Waals surface area contributed by atoms with E-state index in [0.717, 1.165) is 17.7 Å². The Morgan fingerprint density at radius 3 is 2.72 bits per heavy atom. The molecule has 18 heavy (non-hydrogen) atoms. The molecule has 0 radical (unpaired) electrons. The highest BCUT2D eigenvalue weighted by Crippen LogP contribution is 2.49. The molecule has 1 aliphatic rings. The summed E-state index contributed by atoms with van der Waals surface area (Å²) in [6.07, 6.45) is 0.999. The predicted octanol–water partition coefficient (Wildman–Crippen LogP) is 3.70. The number of hydrogen-bond acceptors (Lipinski definition) is 3. The second kappa shape index (κ2) is 4.95. The Morgan fingerprint density at radius 2 is 2.11 bits per heavy atom. The highest BCUT2D eigenvalue weighted by molar-refractivity contribution is 7.99. The first-order valence-electron chi connectivity index (χ1n) is 6.05. The van der Waals surface area contributed by atoms with E-state index in [1.54, 1.807) is 24.9 Å². The number of benzene rings is 1. The number of thioether (sulfide) groups is 1. The van der Waals surface area contributed by atoms with Crippen molar-refractivity contribution in [1.82, 2.24) is 0 Å². The molecule has 1 atom stereocenters. The number of ether oxygens (including phenoxy) is 1. The zero-order valence-corrected chi connectivity index (χ0v) is 12.6. The maximum Gasteiger partial charge on any atom is 0.137 e. The average molecular weight is 287 g/mol. The summed E-state index contributed by atoms with van der Waals surface area (Å²) in [7, 11) is 1.59. The van der Waals surface area contributed by atoms with Crippen LogP contribution in [0.15, 0.2) is 18.2 Å². The van der Waals surface area contributed by atoms with Crippen molar-refractivity contribution < 1.29 is 9.84 Å². The number of hydrogen-bond donors (Lipinski definition) is 1. The van der Waals surface area contributed by atoms with Crippen LogP contribution in [-0.4, -0.2) is 23.7 Å². The Kier molecular flexibility index (Phi) is 3.86. The highest BCUT2D eigenvalue weighted by atomic mass is 35.5. The summed E-state index contributed by atoms with van der Waals surface area (Å²) < 4.78 is 5.24. The van der Waals surface area contributed by atoms with Crippen LogP contribution in [-0.2, 0) is 5.60 Å².